The van der Waals surface area contributed by atoms with Crippen molar-refractivity contribution in [3.8, 4) is 11.8 Å². The van der Waals surface area contributed by atoms with E-state index in [-0.39, 0.29) is 0 Å². The molecule has 0 aliphatic carbocycles. The van der Waals surface area contributed by atoms with E-state index in [9.17, 15) is 5.26 Å². The van der Waals surface area contributed by atoms with Gasteiger partial charge in [-0.3, -0.25) is 0 Å². The Kier molecular flexibility index (Phi) is 8.39. The summed E-state index contributed by atoms with van der Waals surface area (Å²) >= 11 is 5.99. The van der Waals surface area contributed by atoms with Gasteiger partial charge in [-0.1, -0.05) is 44.5 Å². The molecule has 0 spiro atoms. The van der Waals surface area contributed by atoms with Crippen LogP contribution in [0.1, 0.15) is 38.3 Å². The van der Waals surface area contributed by atoms with E-state index in [0.29, 0.717) is 17.2 Å². The summed E-state index contributed by atoms with van der Waals surface area (Å²) in [6.07, 6.45) is 0.770. The van der Waals surface area contributed by atoms with E-state index in [1.54, 1.807) is 0 Å². The van der Waals surface area contributed by atoms with Crippen molar-refractivity contribution in [3.05, 3.63) is 64.7 Å². The molecule has 142 valence electrons. The van der Waals surface area contributed by atoms with E-state index < -0.39 is 0 Å². The lowest BCUT2D eigenvalue weighted by Crippen LogP contribution is -2.27. The van der Waals surface area contributed by atoms with Crippen molar-refractivity contribution in [2.75, 3.05) is 26.2 Å². The first-order valence-electron chi connectivity index (χ1n) is 9.47. The molecular weight excluding hydrogens is 356 g/mol. The summed E-state index contributed by atoms with van der Waals surface area (Å²) in [5.41, 5.74) is 3.64. The van der Waals surface area contributed by atoms with Crippen LogP contribution in [0.2, 0.25) is 5.02 Å². The lowest BCUT2D eigenvalue weighted by molar-refractivity contribution is 0.223. The molecule has 2 rings (SSSR count). The molecule has 3 nitrogen and oxygen atoms in total. The summed E-state index contributed by atoms with van der Waals surface area (Å²) in [6, 6.07) is 17.8. The van der Waals surface area contributed by atoms with E-state index in [4.69, 9.17) is 16.3 Å². The van der Waals surface area contributed by atoms with Crippen LogP contribution in [0.5, 0.6) is 5.75 Å². The maximum Gasteiger partial charge on any atom is 0.119 e. The minimum absolute atomic E-state index is 0.660. The van der Waals surface area contributed by atoms with E-state index in [2.05, 4.69) is 31.7 Å². The highest BCUT2D eigenvalue weighted by Crippen LogP contribution is 2.30. The summed E-state index contributed by atoms with van der Waals surface area (Å²) in [6.45, 7) is 9.99. The van der Waals surface area contributed by atoms with Crippen molar-refractivity contribution in [2.24, 2.45) is 0 Å². The molecular formula is C23H27ClN2O. The fourth-order valence-corrected chi connectivity index (χ4v) is 3.16. The van der Waals surface area contributed by atoms with E-state index in [1.165, 1.54) is 0 Å². The van der Waals surface area contributed by atoms with Crippen LogP contribution in [0.25, 0.3) is 11.1 Å². The smallest absolute Gasteiger partial charge is 0.119 e. The van der Waals surface area contributed by atoms with Gasteiger partial charge < -0.3 is 9.64 Å². The largest absolute Gasteiger partial charge is 0.492 e. The third-order valence-corrected chi connectivity index (χ3v) is 4.93. The van der Waals surface area contributed by atoms with E-state index in [1.807, 2.05) is 48.5 Å². The molecule has 2 aromatic rings. The molecule has 0 aromatic heterocycles. The molecule has 0 amide bonds. The fourth-order valence-electron chi connectivity index (χ4n) is 3.03. The minimum atomic E-state index is 0.660. The monoisotopic (exact) mass is 382 g/mol. The van der Waals surface area contributed by atoms with Crippen LogP contribution in [0.4, 0.5) is 0 Å². The zero-order valence-corrected chi connectivity index (χ0v) is 17.1. The van der Waals surface area contributed by atoms with Crippen LogP contribution in [-0.4, -0.2) is 31.1 Å². The number of hydrogen-bond donors (Lipinski definition) is 0. The molecule has 0 aliphatic rings. The molecule has 27 heavy (non-hydrogen) atoms. The molecule has 0 atom stereocenters. The average molecular weight is 383 g/mol. The summed E-state index contributed by atoms with van der Waals surface area (Å²) in [7, 11) is 0. The molecule has 0 bridgehead atoms. The zero-order valence-electron chi connectivity index (χ0n) is 16.3. The molecule has 0 radical (unpaired) electrons. The lowest BCUT2D eigenvalue weighted by Gasteiger charge is -2.18. The zero-order chi connectivity index (χ0) is 19.6. The van der Waals surface area contributed by atoms with Gasteiger partial charge >= 0.3 is 0 Å². The fraction of sp³-hybridized carbons (Fsp3) is 0.348. The van der Waals surface area contributed by atoms with Crippen molar-refractivity contribution in [2.45, 2.75) is 27.2 Å². The molecule has 0 unspecified atom stereocenters. The third kappa shape index (κ3) is 5.85. The number of rotatable bonds is 9. The molecule has 0 heterocycles. The highest BCUT2D eigenvalue weighted by Gasteiger charge is 2.10. The van der Waals surface area contributed by atoms with Gasteiger partial charge in [-0.05, 0) is 72.6 Å². The Hall–Kier alpha value is -2.28. The average Bonchev–Trinajstić information content (AvgIpc) is 2.71. The topological polar surface area (TPSA) is 36.3 Å². The maximum absolute atomic E-state index is 9.75. The number of halogens is 1. The lowest BCUT2D eigenvalue weighted by atomic mass is 9.94. The number of allylic oxidation sites excluding steroid dienone is 2. The van der Waals surface area contributed by atoms with Gasteiger partial charge in [-0.25, -0.2) is 0 Å². The Morgan fingerprint density at radius 1 is 0.963 bits per heavy atom. The Morgan fingerprint density at radius 3 is 2.07 bits per heavy atom. The van der Waals surface area contributed by atoms with Crippen LogP contribution >= 0.6 is 11.6 Å². The first-order valence-corrected chi connectivity index (χ1v) is 9.85. The van der Waals surface area contributed by atoms with Gasteiger partial charge in [-0.2, -0.15) is 5.26 Å². The van der Waals surface area contributed by atoms with Crippen molar-refractivity contribution in [3.63, 3.8) is 0 Å². The van der Waals surface area contributed by atoms with Gasteiger partial charge in [0, 0.05) is 11.6 Å². The Morgan fingerprint density at radius 2 is 1.56 bits per heavy atom. The molecule has 4 heteroatoms. The number of benzene rings is 2. The van der Waals surface area contributed by atoms with Gasteiger partial charge in [0.2, 0.25) is 0 Å². The number of nitriles is 1. The Bertz CT molecular complexity index is 785. The Labute approximate surface area is 167 Å². The SMILES string of the molecule is CC/C(=C(\C#N)c1ccc(OCCN(CC)CC)cc1)c1ccc(Cl)cc1. The number of hydrogen-bond acceptors (Lipinski definition) is 3. The van der Waals surface area contributed by atoms with Crippen molar-refractivity contribution in [1.29, 1.82) is 5.26 Å². The highest BCUT2D eigenvalue weighted by atomic mass is 35.5. The van der Waals surface area contributed by atoms with Gasteiger partial charge in [0.1, 0.15) is 18.4 Å². The molecule has 2 aromatic carbocycles. The minimum Gasteiger partial charge on any atom is -0.492 e. The predicted molar refractivity (Wildman–Crippen MR) is 114 cm³/mol. The van der Waals surface area contributed by atoms with Gasteiger partial charge in [0.25, 0.3) is 0 Å². The van der Waals surface area contributed by atoms with Crippen LogP contribution < -0.4 is 4.74 Å². The number of ether oxygens (including phenoxy) is 1. The molecule has 0 fully saturated rings. The van der Waals surface area contributed by atoms with Crippen LogP contribution in [-0.2, 0) is 0 Å². The van der Waals surface area contributed by atoms with E-state index in [0.717, 1.165) is 48.5 Å². The van der Waals surface area contributed by atoms with Crippen molar-refractivity contribution in [1.82, 2.24) is 4.90 Å². The summed E-state index contributed by atoms with van der Waals surface area (Å²) in [5.74, 6) is 0.827. The van der Waals surface area contributed by atoms with E-state index >= 15 is 0 Å². The van der Waals surface area contributed by atoms with Gasteiger partial charge in [0.05, 0.1) is 5.57 Å². The standard InChI is InChI=1S/C23H27ClN2O/c1-4-22(18-7-11-20(24)12-8-18)23(17-25)19-9-13-21(14-10-19)27-16-15-26(5-2)6-3/h7-14H,4-6,15-16H2,1-3H3/b23-22-. The number of likely N-dealkylation sites (N-methyl/N-ethyl adjacent to an activating group) is 1. The number of nitrogens with zero attached hydrogens (tertiary/aromatic N) is 2. The summed E-state index contributed by atoms with van der Waals surface area (Å²) < 4.78 is 5.84. The third-order valence-electron chi connectivity index (χ3n) is 4.67. The quantitative estimate of drug-likeness (QED) is 0.399. The molecule has 0 aliphatic heterocycles. The van der Waals surface area contributed by atoms with Crippen LogP contribution in [0, 0.1) is 11.3 Å². The summed E-state index contributed by atoms with van der Waals surface area (Å²) in [5, 5.41) is 10.4. The first kappa shape index (κ1) is 21.0. The molecule has 0 saturated carbocycles. The van der Waals surface area contributed by atoms with Gasteiger partial charge in [-0.15, -0.1) is 0 Å². The maximum atomic E-state index is 9.75. The van der Waals surface area contributed by atoms with Crippen molar-refractivity contribution >= 4 is 22.7 Å². The summed E-state index contributed by atoms with van der Waals surface area (Å²) in [4.78, 5) is 2.32. The van der Waals surface area contributed by atoms with Gasteiger partial charge in [0.15, 0.2) is 0 Å². The van der Waals surface area contributed by atoms with Crippen molar-refractivity contribution < 1.29 is 4.74 Å². The normalized spacial score (nSPS) is 11.9. The van der Waals surface area contributed by atoms with Crippen LogP contribution in [0.15, 0.2) is 48.5 Å². The first-order chi connectivity index (χ1) is 13.1. The Balaban J connectivity index is 2.17. The van der Waals surface area contributed by atoms with Crippen LogP contribution in [0.3, 0.4) is 0 Å². The molecule has 0 N–H and O–H groups in total. The molecule has 0 saturated heterocycles. The second kappa shape index (κ2) is 10.8. The highest BCUT2D eigenvalue weighted by molar-refractivity contribution is 6.30. The predicted octanol–water partition coefficient (Wildman–Crippen LogP) is 5.90. The second-order valence-corrected chi connectivity index (χ2v) is 6.66. The second-order valence-electron chi connectivity index (χ2n) is 6.23.